The van der Waals surface area contributed by atoms with Crippen molar-refractivity contribution in [3.63, 3.8) is 0 Å². The Kier molecular flexibility index (Phi) is 5.26. The van der Waals surface area contributed by atoms with Crippen LogP contribution in [0.25, 0.3) is 16.6 Å². The Bertz CT molecular complexity index is 1550. The summed E-state index contributed by atoms with van der Waals surface area (Å²) in [6.45, 7) is 1.70. The summed E-state index contributed by atoms with van der Waals surface area (Å²) < 4.78 is 20.7. The maximum absolute atomic E-state index is 13.7. The van der Waals surface area contributed by atoms with E-state index in [-0.39, 0.29) is 23.2 Å². The molecule has 3 aliphatic carbocycles. The van der Waals surface area contributed by atoms with Gasteiger partial charge in [0.2, 0.25) is 0 Å². The number of carbonyl (C=O) groups excluding carboxylic acids is 1. The van der Waals surface area contributed by atoms with Gasteiger partial charge in [0.25, 0.3) is 11.5 Å². The number of nitrogens with one attached hydrogen (secondary N) is 2. The summed E-state index contributed by atoms with van der Waals surface area (Å²) in [7, 11) is 1.59. The van der Waals surface area contributed by atoms with Crippen LogP contribution in [0.1, 0.15) is 40.9 Å². The van der Waals surface area contributed by atoms with Crippen LogP contribution in [0.15, 0.2) is 59.7 Å². The van der Waals surface area contributed by atoms with E-state index in [1.54, 1.807) is 31.5 Å². The summed E-state index contributed by atoms with van der Waals surface area (Å²) in [5.74, 6) is 0.178. The third-order valence-corrected chi connectivity index (χ3v) is 7.25. The number of carbonyl (C=O) groups is 1. The molecule has 3 heterocycles. The smallest absolute Gasteiger partial charge is 0.270 e. The molecule has 0 aliphatic heterocycles. The first-order valence-corrected chi connectivity index (χ1v) is 12.0. The van der Waals surface area contributed by atoms with E-state index in [9.17, 15) is 14.0 Å². The molecular weight excluding hydrogens is 461 g/mol. The van der Waals surface area contributed by atoms with Gasteiger partial charge in [-0.25, -0.2) is 9.37 Å². The van der Waals surface area contributed by atoms with Crippen LogP contribution in [0.3, 0.4) is 0 Å². The predicted molar refractivity (Wildman–Crippen MR) is 133 cm³/mol. The predicted octanol–water partition coefficient (Wildman–Crippen LogP) is 3.16. The zero-order chi connectivity index (χ0) is 24.9. The highest BCUT2D eigenvalue weighted by molar-refractivity contribution is 5.92. The first kappa shape index (κ1) is 22.6. The third kappa shape index (κ3) is 3.99. The standard InChI is InChI=1S/C27H26FN5O3/c1-36-21-8-17(11-31-25(35)20-9-23(34)33-5-3-2-4-22(33)32-20)6-19-7-18(12-30-24(19)21)10-29-16-26-13-27(28,14-26)15-26/h2-9,12,29H,10-11,13-16H2,1H3,(H,31,35). The minimum atomic E-state index is -0.880. The van der Waals surface area contributed by atoms with E-state index in [4.69, 9.17) is 4.74 Å². The molecule has 0 atom stereocenters. The van der Waals surface area contributed by atoms with Gasteiger partial charge in [0.05, 0.1) is 7.11 Å². The van der Waals surface area contributed by atoms with Crippen LogP contribution in [-0.2, 0) is 13.1 Å². The Morgan fingerprint density at radius 2 is 1.94 bits per heavy atom. The molecule has 3 aromatic heterocycles. The van der Waals surface area contributed by atoms with Crippen LogP contribution < -0.4 is 20.9 Å². The molecular formula is C27H26FN5O3. The van der Waals surface area contributed by atoms with Crippen LogP contribution in [0.4, 0.5) is 4.39 Å². The number of rotatable bonds is 8. The summed E-state index contributed by atoms with van der Waals surface area (Å²) >= 11 is 0. The van der Waals surface area contributed by atoms with Crippen molar-refractivity contribution in [2.75, 3.05) is 13.7 Å². The van der Waals surface area contributed by atoms with Crippen LogP contribution in [0, 0.1) is 5.41 Å². The minimum absolute atomic E-state index is 0.0661. The van der Waals surface area contributed by atoms with Gasteiger partial charge in [0.15, 0.2) is 0 Å². The van der Waals surface area contributed by atoms with Gasteiger partial charge in [-0.3, -0.25) is 19.0 Å². The normalized spacial score (nSPS) is 22.2. The van der Waals surface area contributed by atoms with Gasteiger partial charge in [-0.05, 0) is 66.1 Å². The lowest BCUT2D eigenvalue weighted by Crippen LogP contribution is -2.67. The Labute approximate surface area is 206 Å². The molecule has 8 nitrogen and oxygen atoms in total. The van der Waals surface area contributed by atoms with Gasteiger partial charge >= 0.3 is 0 Å². The average molecular weight is 488 g/mol. The highest BCUT2D eigenvalue weighted by atomic mass is 19.1. The Morgan fingerprint density at radius 1 is 1.14 bits per heavy atom. The Morgan fingerprint density at radius 3 is 2.72 bits per heavy atom. The van der Waals surface area contributed by atoms with Crippen molar-refractivity contribution in [1.29, 1.82) is 0 Å². The Balaban J connectivity index is 1.16. The molecule has 0 radical (unpaired) electrons. The largest absolute Gasteiger partial charge is 0.494 e. The van der Waals surface area contributed by atoms with Gasteiger partial charge < -0.3 is 15.4 Å². The molecule has 0 saturated heterocycles. The number of halogens is 1. The van der Waals surface area contributed by atoms with Gasteiger partial charge in [0.1, 0.15) is 28.3 Å². The fourth-order valence-electron chi connectivity index (χ4n) is 5.64. The fourth-order valence-corrected chi connectivity index (χ4v) is 5.64. The molecule has 7 rings (SSSR count). The molecule has 2 N–H and O–H groups in total. The summed E-state index contributed by atoms with van der Waals surface area (Å²) in [6, 6.07) is 12.3. The first-order valence-electron chi connectivity index (χ1n) is 12.0. The summed E-state index contributed by atoms with van der Waals surface area (Å²) in [5.41, 5.74) is 2.02. The maximum atomic E-state index is 13.7. The van der Waals surface area contributed by atoms with E-state index < -0.39 is 11.6 Å². The quantitative estimate of drug-likeness (QED) is 0.396. The van der Waals surface area contributed by atoms with Crippen molar-refractivity contribution >= 4 is 22.5 Å². The van der Waals surface area contributed by atoms with Crippen molar-refractivity contribution in [3.05, 3.63) is 82.0 Å². The van der Waals surface area contributed by atoms with Crippen molar-refractivity contribution in [1.82, 2.24) is 25.0 Å². The highest BCUT2D eigenvalue weighted by Crippen LogP contribution is 2.69. The molecule has 4 aromatic rings. The number of methoxy groups -OCH3 is 1. The lowest BCUT2D eigenvalue weighted by molar-refractivity contribution is -0.209. The van der Waals surface area contributed by atoms with E-state index >= 15 is 0 Å². The second-order valence-corrected chi connectivity index (χ2v) is 10.1. The van der Waals surface area contributed by atoms with Crippen molar-refractivity contribution in [2.24, 2.45) is 5.41 Å². The number of hydrogen-bond donors (Lipinski definition) is 2. The van der Waals surface area contributed by atoms with E-state index in [2.05, 4.69) is 20.6 Å². The SMILES string of the molecule is COc1cc(CNC(=O)c2cc(=O)n3ccccc3n2)cc2cc(CNCC34CC(F)(C3)C4)cnc12. The second-order valence-electron chi connectivity index (χ2n) is 10.1. The molecule has 0 spiro atoms. The lowest BCUT2D eigenvalue weighted by atomic mass is 9.42. The summed E-state index contributed by atoms with van der Waals surface area (Å²) in [6.07, 6.45) is 5.47. The van der Waals surface area contributed by atoms with Gasteiger partial charge in [-0.15, -0.1) is 0 Å². The van der Waals surface area contributed by atoms with E-state index in [0.29, 0.717) is 37.2 Å². The molecule has 1 aromatic carbocycles. The zero-order valence-corrected chi connectivity index (χ0v) is 19.9. The van der Waals surface area contributed by atoms with Crippen LogP contribution in [0.5, 0.6) is 5.75 Å². The maximum Gasteiger partial charge on any atom is 0.270 e. The van der Waals surface area contributed by atoms with Gasteiger partial charge in [-0.2, -0.15) is 0 Å². The number of fused-ring (bicyclic) bond motifs is 2. The second kappa shape index (κ2) is 8.37. The van der Waals surface area contributed by atoms with Crippen molar-refractivity contribution in [3.8, 4) is 5.75 Å². The van der Waals surface area contributed by atoms with Crippen LogP contribution in [-0.4, -0.2) is 39.6 Å². The number of aromatic nitrogens is 3. The topological polar surface area (TPSA) is 97.6 Å². The fraction of sp³-hybridized carbons (Fsp3) is 0.333. The molecule has 3 aliphatic rings. The van der Waals surface area contributed by atoms with Gasteiger partial charge in [0, 0.05) is 43.5 Å². The molecule has 2 bridgehead atoms. The van der Waals surface area contributed by atoms with Crippen LogP contribution >= 0.6 is 0 Å². The molecule has 184 valence electrons. The molecule has 3 saturated carbocycles. The summed E-state index contributed by atoms with van der Waals surface area (Å²) in [4.78, 5) is 33.9. The van der Waals surface area contributed by atoms with Crippen LogP contribution in [0.2, 0.25) is 0 Å². The number of hydrogen-bond acceptors (Lipinski definition) is 6. The monoisotopic (exact) mass is 487 g/mol. The lowest BCUT2D eigenvalue weighted by Gasteiger charge is -2.66. The van der Waals surface area contributed by atoms with Crippen molar-refractivity contribution < 1.29 is 13.9 Å². The Hall–Kier alpha value is -3.85. The number of pyridine rings is 2. The molecule has 9 heteroatoms. The molecule has 36 heavy (non-hydrogen) atoms. The molecule has 0 unspecified atom stereocenters. The van der Waals surface area contributed by atoms with Crippen molar-refractivity contribution in [2.45, 2.75) is 38.0 Å². The third-order valence-electron chi connectivity index (χ3n) is 7.25. The number of ether oxygens (including phenoxy) is 1. The van der Waals surface area contributed by atoms with E-state index in [1.807, 2.05) is 24.4 Å². The van der Waals surface area contributed by atoms with Gasteiger partial charge in [-0.1, -0.05) is 6.07 Å². The first-order chi connectivity index (χ1) is 17.4. The average Bonchev–Trinajstić information content (AvgIpc) is 2.84. The summed E-state index contributed by atoms with van der Waals surface area (Å²) in [5, 5.41) is 7.19. The highest BCUT2D eigenvalue weighted by Gasteiger charge is 2.68. The molecule has 3 fully saturated rings. The number of alkyl halides is 1. The minimum Gasteiger partial charge on any atom is -0.494 e. The number of nitrogens with zero attached hydrogens (tertiary/aromatic N) is 3. The zero-order valence-electron chi connectivity index (χ0n) is 19.9. The number of amides is 1. The molecule has 1 amide bonds. The number of benzene rings is 1. The van der Waals surface area contributed by atoms with E-state index in [0.717, 1.165) is 28.6 Å². The van der Waals surface area contributed by atoms with E-state index in [1.165, 1.54) is 10.5 Å².